The van der Waals surface area contributed by atoms with Crippen molar-refractivity contribution in [3.63, 3.8) is 0 Å². The molecule has 0 bridgehead atoms. The summed E-state index contributed by atoms with van der Waals surface area (Å²) < 4.78 is 0. The van der Waals surface area contributed by atoms with Crippen LogP contribution < -0.4 is 0 Å². The lowest BCUT2D eigenvalue weighted by atomic mass is 9.93. The van der Waals surface area contributed by atoms with Crippen LogP contribution in [0.15, 0.2) is 30.3 Å². The van der Waals surface area contributed by atoms with E-state index in [2.05, 4.69) is 26.0 Å². The highest BCUT2D eigenvalue weighted by Gasteiger charge is 2.07. The Balaban J connectivity index is 2.85. The Morgan fingerprint density at radius 3 is 2.53 bits per heavy atom. The first-order chi connectivity index (χ1) is 7.09. The predicted molar refractivity (Wildman–Crippen MR) is 64.4 cm³/mol. The Morgan fingerprint density at radius 2 is 1.87 bits per heavy atom. The SMILES string of the molecule is Cc1cc(O)cc2cccc(C(C)C)c12. The molecule has 1 heteroatoms. The Hall–Kier alpha value is -1.50. The van der Waals surface area contributed by atoms with Gasteiger partial charge in [0.05, 0.1) is 0 Å². The molecule has 0 aliphatic rings. The minimum atomic E-state index is 0.348. The second-order valence-electron chi connectivity index (χ2n) is 4.36. The molecule has 2 aromatic rings. The number of hydrogen-bond acceptors (Lipinski definition) is 1. The van der Waals surface area contributed by atoms with Crippen molar-refractivity contribution in [3.05, 3.63) is 41.5 Å². The third kappa shape index (κ3) is 1.70. The van der Waals surface area contributed by atoms with Crippen LogP contribution in [0.4, 0.5) is 0 Å². The number of hydrogen-bond donors (Lipinski definition) is 1. The van der Waals surface area contributed by atoms with Crippen LogP contribution in [0.2, 0.25) is 0 Å². The van der Waals surface area contributed by atoms with Gasteiger partial charge in [0.25, 0.3) is 0 Å². The summed E-state index contributed by atoms with van der Waals surface area (Å²) in [5, 5.41) is 11.9. The fourth-order valence-corrected chi connectivity index (χ4v) is 2.14. The maximum absolute atomic E-state index is 9.54. The molecule has 0 radical (unpaired) electrons. The number of benzene rings is 2. The number of aryl methyl sites for hydroxylation is 1. The Morgan fingerprint density at radius 1 is 1.13 bits per heavy atom. The highest BCUT2D eigenvalue weighted by atomic mass is 16.3. The summed E-state index contributed by atoms with van der Waals surface area (Å²) in [4.78, 5) is 0. The van der Waals surface area contributed by atoms with Gasteiger partial charge < -0.3 is 5.11 Å². The third-order valence-corrected chi connectivity index (χ3v) is 2.81. The van der Waals surface area contributed by atoms with E-state index in [0.29, 0.717) is 11.7 Å². The van der Waals surface area contributed by atoms with E-state index in [0.717, 1.165) is 10.9 Å². The van der Waals surface area contributed by atoms with Crippen LogP contribution in [0, 0.1) is 6.92 Å². The molecule has 2 rings (SSSR count). The van der Waals surface area contributed by atoms with E-state index in [1.54, 1.807) is 0 Å². The summed E-state index contributed by atoms with van der Waals surface area (Å²) in [5.74, 6) is 0.859. The molecule has 15 heavy (non-hydrogen) atoms. The van der Waals surface area contributed by atoms with Crippen LogP contribution in [-0.4, -0.2) is 5.11 Å². The van der Waals surface area contributed by atoms with Gasteiger partial charge in [-0.05, 0) is 46.9 Å². The minimum absolute atomic E-state index is 0.348. The van der Waals surface area contributed by atoms with Gasteiger partial charge in [-0.15, -0.1) is 0 Å². The molecule has 2 aromatic carbocycles. The fraction of sp³-hybridized carbons (Fsp3) is 0.286. The van der Waals surface area contributed by atoms with Crippen molar-refractivity contribution < 1.29 is 5.11 Å². The molecule has 0 spiro atoms. The second kappa shape index (κ2) is 3.58. The van der Waals surface area contributed by atoms with Crippen molar-refractivity contribution in [2.24, 2.45) is 0 Å². The monoisotopic (exact) mass is 200 g/mol. The van der Waals surface area contributed by atoms with Gasteiger partial charge in [-0.2, -0.15) is 0 Å². The van der Waals surface area contributed by atoms with Gasteiger partial charge in [0.15, 0.2) is 0 Å². The molecule has 0 saturated heterocycles. The summed E-state index contributed by atoms with van der Waals surface area (Å²) in [6.07, 6.45) is 0. The topological polar surface area (TPSA) is 20.2 Å². The lowest BCUT2D eigenvalue weighted by molar-refractivity contribution is 0.476. The highest BCUT2D eigenvalue weighted by Crippen LogP contribution is 2.30. The molecule has 1 N–H and O–H groups in total. The number of phenols is 1. The quantitative estimate of drug-likeness (QED) is 0.738. The van der Waals surface area contributed by atoms with Crippen molar-refractivity contribution in [3.8, 4) is 5.75 Å². The smallest absolute Gasteiger partial charge is 0.116 e. The number of aromatic hydroxyl groups is 1. The predicted octanol–water partition coefficient (Wildman–Crippen LogP) is 3.98. The summed E-state index contributed by atoms with van der Waals surface area (Å²) in [6, 6.07) is 9.92. The molecule has 0 fully saturated rings. The lowest BCUT2D eigenvalue weighted by Gasteiger charge is -2.12. The van der Waals surface area contributed by atoms with Gasteiger partial charge >= 0.3 is 0 Å². The van der Waals surface area contributed by atoms with E-state index in [1.807, 2.05) is 25.1 Å². The Kier molecular flexibility index (Phi) is 2.39. The van der Waals surface area contributed by atoms with Crippen LogP contribution >= 0.6 is 0 Å². The lowest BCUT2D eigenvalue weighted by Crippen LogP contribution is -1.91. The molecule has 0 atom stereocenters. The van der Waals surface area contributed by atoms with Crippen LogP contribution in [-0.2, 0) is 0 Å². The summed E-state index contributed by atoms with van der Waals surface area (Å²) in [5.41, 5.74) is 2.50. The van der Waals surface area contributed by atoms with Gasteiger partial charge in [0.2, 0.25) is 0 Å². The molecule has 0 saturated carbocycles. The third-order valence-electron chi connectivity index (χ3n) is 2.81. The van der Waals surface area contributed by atoms with Crippen molar-refractivity contribution in [1.82, 2.24) is 0 Å². The zero-order valence-electron chi connectivity index (χ0n) is 9.41. The summed E-state index contributed by atoms with van der Waals surface area (Å²) in [7, 11) is 0. The van der Waals surface area contributed by atoms with E-state index in [9.17, 15) is 5.11 Å². The number of phenolic OH excluding ortho intramolecular Hbond substituents is 1. The van der Waals surface area contributed by atoms with Gasteiger partial charge in [0.1, 0.15) is 5.75 Å². The zero-order chi connectivity index (χ0) is 11.0. The molecule has 0 aromatic heterocycles. The van der Waals surface area contributed by atoms with Crippen molar-refractivity contribution in [1.29, 1.82) is 0 Å². The van der Waals surface area contributed by atoms with E-state index < -0.39 is 0 Å². The van der Waals surface area contributed by atoms with E-state index in [-0.39, 0.29) is 0 Å². The summed E-state index contributed by atoms with van der Waals surface area (Å²) in [6.45, 7) is 6.44. The second-order valence-corrected chi connectivity index (χ2v) is 4.36. The van der Waals surface area contributed by atoms with Gasteiger partial charge in [0, 0.05) is 0 Å². The minimum Gasteiger partial charge on any atom is -0.508 e. The van der Waals surface area contributed by atoms with Crippen LogP contribution in [0.5, 0.6) is 5.75 Å². The molecule has 0 amide bonds. The number of fused-ring (bicyclic) bond motifs is 1. The Bertz CT molecular complexity index is 498. The van der Waals surface area contributed by atoms with Gasteiger partial charge in [-0.25, -0.2) is 0 Å². The standard InChI is InChI=1S/C14H16O/c1-9(2)13-6-4-5-11-8-12(15)7-10(3)14(11)13/h4-9,15H,1-3H3. The Labute approximate surface area is 90.4 Å². The van der Waals surface area contributed by atoms with Crippen LogP contribution in [0.25, 0.3) is 10.8 Å². The average molecular weight is 200 g/mol. The first-order valence-electron chi connectivity index (χ1n) is 5.32. The molecule has 0 heterocycles. The van der Waals surface area contributed by atoms with Gasteiger partial charge in [-0.3, -0.25) is 0 Å². The average Bonchev–Trinajstić information content (AvgIpc) is 2.16. The molecule has 0 unspecified atom stereocenters. The maximum Gasteiger partial charge on any atom is 0.116 e. The fourth-order valence-electron chi connectivity index (χ4n) is 2.14. The van der Waals surface area contributed by atoms with Crippen molar-refractivity contribution >= 4 is 10.8 Å². The normalized spacial score (nSPS) is 11.2. The molecular formula is C14H16O. The molecule has 1 nitrogen and oxygen atoms in total. The van der Waals surface area contributed by atoms with E-state index in [1.165, 1.54) is 10.9 Å². The highest BCUT2D eigenvalue weighted by molar-refractivity contribution is 5.90. The molecular weight excluding hydrogens is 184 g/mol. The summed E-state index contributed by atoms with van der Waals surface area (Å²) >= 11 is 0. The maximum atomic E-state index is 9.54. The molecule has 0 aliphatic heterocycles. The first-order valence-corrected chi connectivity index (χ1v) is 5.32. The van der Waals surface area contributed by atoms with Crippen molar-refractivity contribution in [2.75, 3.05) is 0 Å². The zero-order valence-corrected chi connectivity index (χ0v) is 9.41. The number of rotatable bonds is 1. The van der Waals surface area contributed by atoms with E-state index >= 15 is 0 Å². The first kappa shape index (κ1) is 10.0. The molecule has 0 aliphatic carbocycles. The van der Waals surface area contributed by atoms with E-state index in [4.69, 9.17) is 0 Å². The van der Waals surface area contributed by atoms with Gasteiger partial charge in [-0.1, -0.05) is 32.0 Å². The van der Waals surface area contributed by atoms with Crippen LogP contribution in [0.1, 0.15) is 30.9 Å². The molecule has 78 valence electrons. The largest absolute Gasteiger partial charge is 0.508 e. The van der Waals surface area contributed by atoms with Crippen molar-refractivity contribution in [2.45, 2.75) is 26.7 Å². The van der Waals surface area contributed by atoms with Crippen LogP contribution in [0.3, 0.4) is 0 Å².